The van der Waals surface area contributed by atoms with E-state index in [1.165, 1.54) is 0 Å². The highest BCUT2D eigenvalue weighted by Crippen LogP contribution is 2.28. The number of nitrogens with zero attached hydrogens (tertiary/aromatic N) is 3. The first-order valence-electron chi connectivity index (χ1n) is 7.79. The van der Waals surface area contributed by atoms with E-state index >= 15 is 0 Å². The molecule has 3 rings (SSSR count). The first-order chi connectivity index (χ1) is 11.4. The first-order valence-corrected chi connectivity index (χ1v) is 7.79. The van der Waals surface area contributed by atoms with Crippen LogP contribution < -0.4 is 0 Å². The Hall–Kier alpha value is -2.69. The Morgan fingerprint density at radius 1 is 1.25 bits per heavy atom. The van der Waals surface area contributed by atoms with Gasteiger partial charge < -0.3 is 9.47 Å². The number of aryl methyl sites for hydroxylation is 2. The molecule has 0 spiro atoms. The van der Waals surface area contributed by atoms with E-state index in [2.05, 4.69) is 4.98 Å². The number of likely N-dealkylation sites (N-methyl/N-ethyl adjacent to an activating group) is 1. The van der Waals surface area contributed by atoms with Gasteiger partial charge >= 0.3 is 0 Å². The molecule has 0 radical (unpaired) electrons. The van der Waals surface area contributed by atoms with Crippen LogP contribution in [0.25, 0.3) is 22.2 Å². The Balaban J connectivity index is 2.13. The van der Waals surface area contributed by atoms with E-state index in [0.29, 0.717) is 16.7 Å². The van der Waals surface area contributed by atoms with Gasteiger partial charge in [0.05, 0.1) is 11.0 Å². The van der Waals surface area contributed by atoms with Crippen molar-refractivity contribution in [1.29, 1.82) is 0 Å². The predicted octanol–water partition coefficient (Wildman–Crippen LogP) is 3.55. The van der Waals surface area contributed by atoms with Crippen LogP contribution in [-0.2, 0) is 11.3 Å². The Morgan fingerprint density at radius 2 is 2.00 bits per heavy atom. The van der Waals surface area contributed by atoms with Crippen molar-refractivity contribution in [3.05, 3.63) is 53.6 Å². The quantitative estimate of drug-likeness (QED) is 0.738. The Morgan fingerprint density at radius 3 is 2.71 bits per heavy atom. The molecule has 0 saturated carbocycles. The molecule has 0 N–H and O–H groups in total. The molecule has 2 aromatic heterocycles. The molecule has 124 valence electrons. The summed E-state index contributed by atoms with van der Waals surface area (Å²) < 4.78 is 16.3. The fourth-order valence-electron chi connectivity index (χ4n) is 2.78. The van der Waals surface area contributed by atoms with E-state index in [-0.39, 0.29) is 18.3 Å². The molecule has 5 heteroatoms. The average molecular weight is 325 g/mol. The summed E-state index contributed by atoms with van der Waals surface area (Å²) in [5.41, 5.74) is 4.49. The summed E-state index contributed by atoms with van der Waals surface area (Å²) in [5, 5.41) is 0. The van der Waals surface area contributed by atoms with Crippen LogP contribution in [0.2, 0.25) is 0 Å². The Labute approximate surface area is 140 Å². The summed E-state index contributed by atoms with van der Waals surface area (Å²) in [6.07, 6.45) is 3.60. The first kappa shape index (κ1) is 16.2. The van der Waals surface area contributed by atoms with Gasteiger partial charge in [-0.1, -0.05) is 18.2 Å². The van der Waals surface area contributed by atoms with E-state index in [1.807, 2.05) is 29.8 Å². The fourth-order valence-corrected chi connectivity index (χ4v) is 2.78. The van der Waals surface area contributed by atoms with E-state index in [4.69, 9.17) is 0 Å². The van der Waals surface area contributed by atoms with Crippen LogP contribution in [-0.4, -0.2) is 34.5 Å². The highest BCUT2D eigenvalue weighted by molar-refractivity contribution is 5.86. The van der Waals surface area contributed by atoms with Gasteiger partial charge in [-0.25, -0.2) is 4.39 Å². The minimum absolute atomic E-state index is 0.000890. The van der Waals surface area contributed by atoms with Gasteiger partial charge in [-0.15, -0.1) is 0 Å². The number of halogens is 1. The van der Waals surface area contributed by atoms with Gasteiger partial charge in [0.15, 0.2) is 0 Å². The molecule has 0 aliphatic heterocycles. The third-order valence-corrected chi connectivity index (χ3v) is 4.21. The third kappa shape index (κ3) is 2.77. The van der Waals surface area contributed by atoms with E-state index in [0.717, 1.165) is 16.6 Å². The number of amides is 1. The molecule has 1 amide bonds. The minimum atomic E-state index is -0.238. The van der Waals surface area contributed by atoms with E-state index in [1.54, 1.807) is 44.2 Å². The number of hydrogen-bond donors (Lipinski definition) is 0. The molecule has 0 atom stereocenters. The zero-order valence-electron chi connectivity index (χ0n) is 14.3. The summed E-state index contributed by atoms with van der Waals surface area (Å²) in [6.45, 7) is 3.94. The lowest BCUT2D eigenvalue weighted by molar-refractivity contribution is -0.129. The van der Waals surface area contributed by atoms with Crippen molar-refractivity contribution < 1.29 is 9.18 Å². The van der Waals surface area contributed by atoms with Gasteiger partial charge in [-0.05, 0) is 31.0 Å². The van der Waals surface area contributed by atoms with Gasteiger partial charge in [0.25, 0.3) is 0 Å². The molecule has 3 aromatic rings. The van der Waals surface area contributed by atoms with Crippen molar-refractivity contribution in [3.8, 4) is 11.1 Å². The molecule has 0 unspecified atom stereocenters. The number of hydrogen-bond acceptors (Lipinski definition) is 2. The molecular formula is C19H20FN3O. The normalized spacial score (nSPS) is 11.0. The van der Waals surface area contributed by atoms with Gasteiger partial charge in [0, 0.05) is 37.6 Å². The second kappa shape index (κ2) is 6.07. The number of pyridine rings is 1. The monoisotopic (exact) mass is 325 g/mol. The van der Waals surface area contributed by atoms with E-state index in [9.17, 15) is 9.18 Å². The highest BCUT2D eigenvalue weighted by Gasteiger charge is 2.14. The van der Waals surface area contributed by atoms with Gasteiger partial charge in [-0.3, -0.25) is 9.78 Å². The van der Waals surface area contributed by atoms with E-state index < -0.39 is 0 Å². The second-order valence-electron chi connectivity index (χ2n) is 6.26. The largest absolute Gasteiger partial charge is 0.347 e. The number of rotatable bonds is 3. The molecule has 0 fully saturated rings. The lowest BCUT2D eigenvalue weighted by Crippen LogP contribution is -2.25. The number of benzene rings is 1. The predicted molar refractivity (Wildman–Crippen MR) is 93.3 cm³/mol. The van der Waals surface area contributed by atoms with Crippen molar-refractivity contribution in [2.24, 2.45) is 0 Å². The maximum atomic E-state index is 14.4. The molecule has 1 aromatic carbocycles. The van der Waals surface area contributed by atoms with Crippen LogP contribution in [0.3, 0.4) is 0 Å². The zero-order valence-corrected chi connectivity index (χ0v) is 14.3. The maximum absolute atomic E-state index is 14.4. The van der Waals surface area contributed by atoms with Crippen LogP contribution >= 0.6 is 0 Å². The lowest BCUT2D eigenvalue weighted by atomic mass is 10.0. The maximum Gasteiger partial charge on any atom is 0.241 e. The minimum Gasteiger partial charge on any atom is -0.347 e. The van der Waals surface area contributed by atoms with Crippen LogP contribution in [0.1, 0.15) is 11.1 Å². The number of carbonyl (C=O) groups is 1. The zero-order chi connectivity index (χ0) is 17.4. The number of carbonyl (C=O) groups excluding carboxylic acids is 1. The smallest absolute Gasteiger partial charge is 0.241 e. The number of aromatic nitrogens is 2. The van der Waals surface area contributed by atoms with Crippen LogP contribution in [0, 0.1) is 19.7 Å². The van der Waals surface area contributed by atoms with Crippen molar-refractivity contribution in [2.75, 3.05) is 14.1 Å². The Bertz CT molecular complexity index is 928. The second-order valence-corrected chi connectivity index (χ2v) is 6.26. The molecule has 4 nitrogen and oxygen atoms in total. The third-order valence-electron chi connectivity index (χ3n) is 4.21. The van der Waals surface area contributed by atoms with Gasteiger partial charge in [-0.2, -0.15) is 0 Å². The van der Waals surface area contributed by atoms with Crippen molar-refractivity contribution in [3.63, 3.8) is 0 Å². The highest BCUT2D eigenvalue weighted by atomic mass is 19.1. The summed E-state index contributed by atoms with van der Waals surface area (Å²) >= 11 is 0. The topological polar surface area (TPSA) is 38.1 Å². The van der Waals surface area contributed by atoms with Crippen LogP contribution in [0.5, 0.6) is 0 Å². The molecule has 0 bridgehead atoms. The fraction of sp³-hybridized carbons (Fsp3) is 0.263. The summed E-state index contributed by atoms with van der Waals surface area (Å²) in [6, 6.07) is 7.22. The lowest BCUT2D eigenvalue weighted by Gasteiger charge is -2.12. The number of fused-ring (bicyclic) bond motifs is 1. The summed E-state index contributed by atoms with van der Waals surface area (Å²) in [7, 11) is 3.46. The van der Waals surface area contributed by atoms with Crippen molar-refractivity contribution in [2.45, 2.75) is 20.4 Å². The SMILES string of the molecule is Cc1cccc(-c2cnc3c(C)cn(CC(=O)N(C)C)c3c2)c1F. The average Bonchev–Trinajstić information content (AvgIpc) is 2.85. The summed E-state index contributed by atoms with van der Waals surface area (Å²) in [5.74, 6) is -0.239. The van der Waals surface area contributed by atoms with Crippen molar-refractivity contribution in [1.82, 2.24) is 14.5 Å². The van der Waals surface area contributed by atoms with Crippen LogP contribution in [0.15, 0.2) is 36.7 Å². The molecule has 0 aliphatic carbocycles. The standard InChI is InChI=1S/C19H20FN3O/c1-12-6-5-7-15(18(12)20)14-8-16-19(21-9-14)13(2)10-23(16)11-17(24)22(3)4/h5-10H,11H2,1-4H3. The van der Waals surface area contributed by atoms with Crippen LogP contribution in [0.4, 0.5) is 4.39 Å². The summed E-state index contributed by atoms with van der Waals surface area (Å²) in [4.78, 5) is 18.1. The van der Waals surface area contributed by atoms with Crippen molar-refractivity contribution >= 4 is 16.9 Å². The Kier molecular flexibility index (Phi) is 4.09. The van der Waals surface area contributed by atoms with Gasteiger partial charge in [0.2, 0.25) is 5.91 Å². The molecule has 24 heavy (non-hydrogen) atoms. The van der Waals surface area contributed by atoms with Gasteiger partial charge in [0.1, 0.15) is 12.4 Å². The molecule has 2 heterocycles. The molecular weight excluding hydrogens is 305 g/mol. The molecule has 0 saturated heterocycles. The molecule has 0 aliphatic rings.